The van der Waals surface area contributed by atoms with Crippen molar-refractivity contribution in [3.63, 3.8) is 0 Å². The monoisotopic (exact) mass is 291 g/mol. The van der Waals surface area contributed by atoms with E-state index < -0.39 is 17.8 Å². The first-order valence-electron chi connectivity index (χ1n) is 7.21. The van der Waals surface area contributed by atoms with Crippen LogP contribution in [0.2, 0.25) is 0 Å². The van der Waals surface area contributed by atoms with E-state index in [1.807, 2.05) is 19.1 Å². The third-order valence-corrected chi connectivity index (χ3v) is 4.03. The van der Waals surface area contributed by atoms with E-state index in [0.717, 1.165) is 18.4 Å². The molecule has 2 N–H and O–H groups in total. The number of anilines is 1. The Morgan fingerprint density at radius 3 is 2.52 bits per heavy atom. The first-order chi connectivity index (χ1) is 10.0. The largest absolute Gasteiger partial charge is 0.495 e. The highest BCUT2D eigenvalue weighted by Gasteiger charge is 2.35. The van der Waals surface area contributed by atoms with Crippen LogP contribution in [0.3, 0.4) is 0 Å². The van der Waals surface area contributed by atoms with Gasteiger partial charge < -0.3 is 15.2 Å². The first kappa shape index (κ1) is 15.4. The number of benzene rings is 1. The van der Waals surface area contributed by atoms with E-state index in [0.29, 0.717) is 24.3 Å². The fraction of sp³-hybridized carbons (Fsp3) is 0.500. The van der Waals surface area contributed by atoms with Crippen molar-refractivity contribution in [2.24, 2.45) is 11.8 Å². The van der Waals surface area contributed by atoms with Gasteiger partial charge in [0.15, 0.2) is 0 Å². The van der Waals surface area contributed by atoms with Gasteiger partial charge in [0.1, 0.15) is 5.75 Å². The van der Waals surface area contributed by atoms with Crippen molar-refractivity contribution < 1.29 is 19.4 Å². The number of rotatable bonds is 4. The number of carboxylic acids is 1. The standard InChI is InChI=1S/C16H21NO4/c1-10-7-8-14(21-2)13(9-10)17-15(18)11-5-3-4-6-12(11)16(19)20/h7-9,11-12H,3-6H2,1-2H3,(H,17,18)(H,19,20)/t11-,12+/m1/s1. The summed E-state index contributed by atoms with van der Waals surface area (Å²) in [6.07, 6.45) is 2.95. The highest BCUT2D eigenvalue weighted by Crippen LogP contribution is 2.33. The summed E-state index contributed by atoms with van der Waals surface area (Å²) >= 11 is 0. The number of carbonyl (C=O) groups is 2. The lowest BCUT2D eigenvalue weighted by Crippen LogP contribution is -2.36. The van der Waals surface area contributed by atoms with Gasteiger partial charge in [0.05, 0.1) is 24.6 Å². The molecule has 1 amide bonds. The molecule has 0 aliphatic heterocycles. The average Bonchev–Trinajstić information content (AvgIpc) is 2.47. The van der Waals surface area contributed by atoms with E-state index in [4.69, 9.17) is 4.74 Å². The van der Waals surface area contributed by atoms with Gasteiger partial charge in [-0.05, 0) is 37.5 Å². The molecule has 0 saturated heterocycles. The molecule has 0 heterocycles. The van der Waals surface area contributed by atoms with E-state index in [9.17, 15) is 14.7 Å². The van der Waals surface area contributed by atoms with Crippen LogP contribution in [0.4, 0.5) is 5.69 Å². The highest BCUT2D eigenvalue weighted by atomic mass is 16.5. The van der Waals surface area contributed by atoms with Crippen LogP contribution in [0.25, 0.3) is 0 Å². The number of carbonyl (C=O) groups excluding carboxylic acids is 1. The molecule has 21 heavy (non-hydrogen) atoms. The lowest BCUT2D eigenvalue weighted by Gasteiger charge is -2.27. The van der Waals surface area contributed by atoms with Crippen molar-refractivity contribution in [1.82, 2.24) is 0 Å². The molecule has 0 bridgehead atoms. The highest BCUT2D eigenvalue weighted by molar-refractivity contribution is 5.96. The maximum Gasteiger partial charge on any atom is 0.307 e. The van der Waals surface area contributed by atoms with Gasteiger partial charge in [-0.1, -0.05) is 18.9 Å². The number of hydrogen-bond acceptors (Lipinski definition) is 3. The number of amides is 1. The van der Waals surface area contributed by atoms with Crippen molar-refractivity contribution in [3.8, 4) is 5.75 Å². The Morgan fingerprint density at radius 2 is 1.90 bits per heavy atom. The summed E-state index contributed by atoms with van der Waals surface area (Å²) in [6, 6.07) is 5.52. The molecule has 0 unspecified atom stereocenters. The molecule has 5 heteroatoms. The molecule has 1 aromatic carbocycles. The number of methoxy groups -OCH3 is 1. The van der Waals surface area contributed by atoms with Crippen LogP contribution in [-0.4, -0.2) is 24.1 Å². The predicted octanol–water partition coefficient (Wildman–Crippen LogP) is 2.83. The molecule has 0 radical (unpaired) electrons. The SMILES string of the molecule is COc1ccc(C)cc1NC(=O)[C@@H]1CCCC[C@@H]1C(=O)O. The Bertz CT molecular complexity index is 541. The van der Waals surface area contributed by atoms with Crippen LogP contribution in [0, 0.1) is 18.8 Å². The topological polar surface area (TPSA) is 75.6 Å². The van der Waals surface area contributed by atoms with Crippen molar-refractivity contribution >= 4 is 17.6 Å². The third-order valence-electron chi connectivity index (χ3n) is 4.03. The van der Waals surface area contributed by atoms with Crippen molar-refractivity contribution in [2.75, 3.05) is 12.4 Å². The fourth-order valence-corrected chi connectivity index (χ4v) is 2.89. The van der Waals surface area contributed by atoms with E-state index >= 15 is 0 Å². The van der Waals surface area contributed by atoms with E-state index in [2.05, 4.69) is 5.32 Å². The van der Waals surface area contributed by atoms with Crippen LogP contribution < -0.4 is 10.1 Å². The molecule has 1 aliphatic carbocycles. The molecule has 0 aromatic heterocycles. The quantitative estimate of drug-likeness (QED) is 0.894. The molecular weight excluding hydrogens is 270 g/mol. The predicted molar refractivity (Wildman–Crippen MR) is 79.4 cm³/mol. The molecule has 1 fully saturated rings. The van der Waals surface area contributed by atoms with Crippen molar-refractivity contribution in [1.29, 1.82) is 0 Å². The molecule has 5 nitrogen and oxygen atoms in total. The second-order valence-corrected chi connectivity index (χ2v) is 5.53. The first-order valence-corrected chi connectivity index (χ1v) is 7.21. The van der Waals surface area contributed by atoms with Gasteiger partial charge in [-0.15, -0.1) is 0 Å². The van der Waals surface area contributed by atoms with Crippen LogP contribution in [0.1, 0.15) is 31.2 Å². The maximum absolute atomic E-state index is 12.4. The molecule has 1 aromatic rings. The number of ether oxygens (including phenoxy) is 1. The van der Waals surface area contributed by atoms with Crippen LogP contribution in [0.15, 0.2) is 18.2 Å². The Morgan fingerprint density at radius 1 is 1.24 bits per heavy atom. The zero-order valence-corrected chi connectivity index (χ0v) is 12.4. The van der Waals surface area contributed by atoms with Gasteiger partial charge in [-0.2, -0.15) is 0 Å². The molecule has 1 saturated carbocycles. The number of carboxylic acid groups (broad SMARTS) is 1. The zero-order valence-electron chi connectivity index (χ0n) is 12.4. The summed E-state index contributed by atoms with van der Waals surface area (Å²) in [4.78, 5) is 23.7. The average molecular weight is 291 g/mol. The second-order valence-electron chi connectivity index (χ2n) is 5.53. The minimum Gasteiger partial charge on any atom is -0.495 e. The van der Waals surface area contributed by atoms with Gasteiger partial charge in [-0.3, -0.25) is 9.59 Å². The summed E-state index contributed by atoms with van der Waals surface area (Å²) < 4.78 is 5.23. The lowest BCUT2D eigenvalue weighted by atomic mass is 9.78. The van der Waals surface area contributed by atoms with E-state index in [1.165, 1.54) is 0 Å². The fourth-order valence-electron chi connectivity index (χ4n) is 2.89. The Labute approximate surface area is 124 Å². The molecule has 2 rings (SSSR count). The maximum atomic E-state index is 12.4. The minimum atomic E-state index is -0.883. The normalized spacial score (nSPS) is 21.6. The van der Waals surface area contributed by atoms with Gasteiger partial charge in [0.25, 0.3) is 0 Å². The van der Waals surface area contributed by atoms with Crippen molar-refractivity contribution in [2.45, 2.75) is 32.6 Å². The number of nitrogens with one attached hydrogen (secondary N) is 1. The van der Waals surface area contributed by atoms with Crippen LogP contribution in [0.5, 0.6) is 5.75 Å². The van der Waals surface area contributed by atoms with E-state index in [1.54, 1.807) is 13.2 Å². The van der Waals surface area contributed by atoms with E-state index in [-0.39, 0.29) is 5.91 Å². The number of aryl methyl sites for hydroxylation is 1. The zero-order chi connectivity index (χ0) is 15.4. The molecule has 114 valence electrons. The van der Waals surface area contributed by atoms with Crippen LogP contribution >= 0.6 is 0 Å². The third kappa shape index (κ3) is 3.54. The Hall–Kier alpha value is -2.04. The Balaban J connectivity index is 2.16. The minimum absolute atomic E-state index is 0.231. The second kappa shape index (κ2) is 6.61. The summed E-state index contributed by atoms with van der Waals surface area (Å²) in [5.74, 6) is -1.59. The summed E-state index contributed by atoms with van der Waals surface area (Å²) in [6.45, 7) is 1.93. The summed E-state index contributed by atoms with van der Waals surface area (Å²) in [5, 5.41) is 12.1. The van der Waals surface area contributed by atoms with Gasteiger partial charge in [0.2, 0.25) is 5.91 Å². The van der Waals surface area contributed by atoms with Crippen molar-refractivity contribution in [3.05, 3.63) is 23.8 Å². The van der Waals surface area contributed by atoms with Gasteiger partial charge >= 0.3 is 5.97 Å². The van der Waals surface area contributed by atoms with Gasteiger partial charge in [0, 0.05) is 0 Å². The number of hydrogen-bond donors (Lipinski definition) is 2. The summed E-state index contributed by atoms with van der Waals surface area (Å²) in [7, 11) is 1.54. The molecule has 1 aliphatic rings. The number of aliphatic carboxylic acids is 1. The molecule has 2 atom stereocenters. The van der Waals surface area contributed by atoms with Crippen LogP contribution in [-0.2, 0) is 9.59 Å². The Kier molecular flexibility index (Phi) is 4.83. The van der Waals surface area contributed by atoms with Gasteiger partial charge in [-0.25, -0.2) is 0 Å². The molecule has 0 spiro atoms. The summed E-state index contributed by atoms with van der Waals surface area (Å²) in [5.41, 5.74) is 1.60. The smallest absolute Gasteiger partial charge is 0.307 e. The molecular formula is C16H21NO4. The lowest BCUT2D eigenvalue weighted by molar-refractivity contribution is -0.147.